The maximum atomic E-state index is 14.8. The monoisotopic (exact) mass is 577 g/mol. The van der Waals surface area contributed by atoms with Gasteiger partial charge in [0.2, 0.25) is 0 Å². The van der Waals surface area contributed by atoms with E-state index in [0.717, 1.165) is 61.8 Å². The number of ether oxygens (including phenoxy) is 1. The molecule has 0 amide bonds. The molecule has 0 aliphatic rings. The molecule has 0 fully saturated rings. The van der Waals surface area contributed by atoms with E-state index in [2.05, 4.69) is 11.9 Å². The SMILES string of the molecule is CCCCCCc1ccc(-c2cc(F)c(COc3cc(F)c4c(F)c(C#CC(F)(F)F)c(F)cc4c3)c(F)c2)nc1. The lowest BCUT2D eigenvalue weighted by Gasteiger charge is -2.12. The van der Waals surface area contributed by atoms with Crippen LogP contribution in [-0.2, 0) is 13.0 Å². The Hall–Kier alpha value is -4.13. The second-order valence-corrected chi connectivity index (χ2v) is 9.37. The zero-order valence-electron chi connectivity index (χ0n) is 21.7. The second kappa shape index (κ2) is 12.6. The number of aryl methyl sites for hydroxylation is 1. The first-order valence-electron chi connectivity index (χ1n) is 12.7. The lowest BCUT2D eigenvalue weighted by atomic mass is 10.0. The van der Waals surface area contributed by atoms with E-state index in [4.69, 9.17) is 4.74 Å². The first-order chi connectivity index (χ1) is 19.5. The molecule has 0 bridgehead atoms. The van der Waals surface area contributed by atoms with Gasteiger partial charge in [0.05, 0.1) is 22.2 Å². The molecule has 0 atom stereocenters. The van der Waals surface area contributed by atoms with Gasteiger partial charge >= 0.3 is 6.18 Å². The number of hydrogen-bond acceptors (Lipinski definition) is 2. The molecule has 214 valence electrons. The molecule has 1 heterocycles. The molecule has 0 unspecified atom stereocenters. The molecule has 0 saturated heterocycles. The molecule has 41 heavy (non-hydrogen) atoms. The van der Waals surface area contributed by atoms with Crippen molar-refractivity contribution in [3.05, 3.63) is 94.4 Å². The molecule has 0 saturated carbocycles. The number of unbranched alkanes of at least 4 members (excludes halogenated alkanes) is 3. The van der Waals surface area contributed by atoms with Gasteiger partial charge in [-0.15, -0.1) is 0 Å². The lowest BCUT2D eigenvalue weighted by Crippen LogP contribution is -2.04. The van der Waals surface area contributed by atoms with Crippen molar-refractivity contribution in [1.82, 2.24) is 4.98 Å². The summed E-state index contributed by atoms with van der Waals surface area (Å²) in [5.74, 6) is -4.50. The van der Waals surface area contributed by atoms with Gasteiger partial charge < -0.3 is 4.74 Å². The summed E-state index contributed by atoms with van der Waals surface area (Å²) < 4.78 is 116. The van der Waals surface area contributed by atoms with Crippen LogP contribution in [0.5, 0.6) is 5.75 Å². The average molecular weight is 578 g/mol. The molecule has 1 aromatic heterocycles. The maximum absolute atomic E-state index is 14.8. The number of halogens is 8. The topological polar surface area (TPSA) is 22.1 Å². The van der Waals surface area contributed by atoms with Crippen molar-refractivity contribution < 1.29 is 39.9 Å². The van der Waals surface area contributed by atoms with E-state index < -0.39 is 58.4 Å². The number of pyridine rings is 1. The fraction of sp³-hybridized carbons (Fsp3) is 0.258. The van der Waals surface area contributed by atoms with Crippen molar-refractivity contribution in [2.75, 3.05) is 0 Å². The third-order valence-corrected chi connectivity index (χ3v) is 6.35. The van der Waals surface area contributed by atoms with Crippen molar-refractivity contribution in [2.45, 2.75) is 51.8 Å². The largest absolute Gasteiger partial charge is 0.489 e. The van der Waals surface area contributed by atoms with Crippen LogP contribution >= 0.6 is 0 Å². The van der Waals surface area contributed by atoms with Gasteiger partial charge in [0.1, 0.15) is 35.6 Å². The molecular weight excluding hydrogens is 554 g/mol. The molecule has 3 aromatic carbocycles. The normalized spacial score (nSPS) is 11.4. The van der Waals surface area contributed by atoms with Gasteiger partial charge in [-0.05, 0) is 54.1 Å². The van der Waals surface area contributed by atoms with E-state index in [9.17, 15) is 35.1 Å². The van der Waals surface area contributed by atoms with E-state index >= 15 is 0 Å². The zero-order chi connectivity index (χ0) is 29.7. The van der Waals surface area contributed by atoms with Crippen LogP contribution in [-0.4, -0.2) is 11.2 Å². The highest BCUT2D eigenvalue weighted by Crippen LogP contribution is 2.31. The van der Waals surface area contributed by atoms with Crippen LogP contribution in [0.4, 0.5) is 35.1 Å². The van der Waals surface area contributed by atoms with Gasteiger partial charge in [-0.25, -0.2) is 22.0 Å². The first kappa shape index (κ1) is 29.8. The number of benzene rings is 3. The summed E-state index contributed by atoms with van der Waals surface area (Å²) in [6.07, 6.45) is 1.92. The van der Waals surface area contributed by atoms with Crippen LogP contribution in [0.1, 0.15) is 49.3 Å². The Labute approximate surface area is 231 Å². The molecule has 2 nitrogen and oxygen atoms in total. The number of fused-ring (bicyclic) bond motifs is 1. The molecule has 0 aliphatic carbocycles. The lowest BCUT2D eigenvalue weighted by molar-refractivity contribution is -0.0696. The highest BCUT2D eigenvalue weighted by molar-refractivity contribution is 5.87. The van der Waals surface area contributed by atoms with Gasteiger partial charge in [-0.1, -0.05) is 38.2 Å². The van der Waals surface area contributed by atoms with E-state index in [1.807, 2.05) is 6.07 Å². The predicted molar refractivity (Wildman–Crippen MR) is 139 cm³/mol. The quantitative estimate of drug-likeness (QED) is 0.112. The minimum atomic E-state index is -5.01. The summed E-state index contributed by atoms with van der Waals surface area (Å²) in [6, 6.07) is 7.95. The number of alkyl halides is 3. The Kier molecular flexibility index (Phi) is 9.16. The molecule has 0 radical (unpaired) electrons. The standard InChI is InChI=1S/C31H23F8NO/c1-2-3-4-5-6-18-7-8-28(40-16-18)19-12-25(33)23(26(34)13-19)17-41-21-11-20-14-24(32)22(9-10-31(37,38)39)30(36)29(20)27(35)15-21/h7-8,11-16H,2-6,17H2,1H3. The van der Waals surface area contributed by atoms with Crippen LogP contribution in [0.3, 0.4) is 0 Å². The van der Waals surface area contributed by atoms with Crippen LogP contribution in [0.15, 0.2) is 48.7 Å². The van der Waals surface area contributed by atoms with Crippen molar-refractivity contribution >= 4 is 10.8 Å². The molecule has 10 heteroatoms. The summed E-state index contributed by atoms with van der Waals surface area (Å²) in [7, 11) is 0. The Balaban J connectivity index is 1.52. The highest BCUT2D eigenvalue weighted by atomic mass is 19.4. The summed E-state index contributed by atoms with van der Waals surface area (Å²) >= 11 is 0. The molecular formula is C31H23F8NO. The van der Waals surface area contributed by atoms with E-state index in [1.165, 1.54) is 5.92 Å². The van der Waals surface area contributed by atoms with Crippen molar-refractivity contribution in [1.29, 1.82) is 0 Å². The van der Waals surface area contributed by atoms with Crippen molar-refractivity contribution in [3.63, 3.8) is 0 Å². The average Bonchev–Trinajstić information content (AvgIpc) is 2.89. The van der Waals surface area contributed by atoms with Gasteiger partial charge in [-0.2, -0.15) is 13.2 Å². The van der Waals surface area contributed by atoms with Crippen molar-refractivity contribution in [3.8, 4) is 28.8 Å². The number of aromatic nitrogens is 1. The third kappa shape index (κ3) is 7.34. The fourth-order valence-corrected chi connectivity index (χ4v) is 4.26. The summed E-state index contributed by atoms with van der Waals surface area (Å²) in [6.45, 7) is 1.44. The van der Waals surface area contributed by atoms with Crippen LogP contribution in [0, 0.1) is 40.9 Å². The van der Waals surface area contributed by atoms with E-state index in [0.29, 0.717) is 17.8 Å². The van der Waals surface area contributed by atoms with E-state index in [-0.39, 0.29) is 16.7 Å². The fourth-order valence-electron chi connectivity index (χ4n) is 4.26. The van der Waals surface area contributed by atoms with Crippen molar-refractivity contribution in [2.24, 2.45) is 0 Å². The summed E-state index contributed by atoms with van der Waals surface area (Å²) in [5.41, 5.74) is -0.135. The molecule has 0 spiro atoms. The maximum Gasteiger partial charge on any atom is 0.458 e. The Morgan fingerprint density at radius 3 is 2.20 bits per heavy atom. The molecule has 0 N–H and O–H groups in total. The minimum Gasteiger partial charge on any atom is -0.489 e. The summed E-state index contributed by atoms with van der Waals surface area (Å²) in [4.78, 5) is 4.30. The third-order valence-electron chi connectivity index (χ3n) is 6.35. The van der Waals surface area contributed by atoms with E-state index in [1.54, 1.807) is 12.3 Å². The van der Waals surface area contributed by atoms with Crippen LogP contribution in [0.2, 0.25) is 0 Å². The molecule has 4 aromatic rings. The Morgan fingerprint density at radius 1 is 0.829 bits per heavy atom. The summed E-state index contributed by atoms with van der Waals surface area (Å²) in [5, 5.41) is -1.20. The number of hydrogen-bond donors (Lipinski definition) is 0. The smallest absolute Gasteiger partial charge is 0.458 e. The zero-order valence-corrected chi connectivity index (χ0v) is 21.7. The molecule has 0 aliphatic heterocycles. The highest BCUT2D eigenvalue weighted by Gasteiger charge is 2.24. The number of nitrogens with zero attached hydrogens (tertiary/aromatic N) is 1. The molecule has 4 rings (SSSR count). The predicted octanol–water partition coefficient (Wildman–Crippen LogP) is 9.21. The van der Waals surface area contributed by atoms with Gasteiger partial charge in [0.25, 0.3) is 0 Å². The Bertz CT molecular complexity index is 1600. The van der Waals surface area contributed by atoms with Crippen LogP contribution in [0.25, 0.3) is 22.0 Å². The van der Waals surface area contributed by atoms with Gasteiger partial charge in [0, 0.05) is 23.7 Å². The van der Waals surface area contributed by atoms with Crippen LogP contribution < -0.4 is 4.74 Å². The Morgan fingerprint density at radius 2 is 1.56 bits per heavy atom. The van der Waals surface area contributed by atoms with Gasteiger partial charge in [0.15, 0.2) is 5.82 Å². The minimum absolute atomic E-state index is 0.202. The number of rotatable bonds is 9. The first-order valence-corrected chi connectivity index (χ1v) is 12.7. The van der Waals surface area contributed by atoms with Gasteiger partial charge in [-0.3, -0.25) is 4.98 Å². The second-order valence-electron chi connectivity index (χ2n) is 9.37.